The lowest BCUT2D eigenvalue weighted by atomic mass is 10.2. The van der Waals surface area contributed by atoms with Gasteiger partial charge in [0, 0.05) is 42.0 Å². The molecule has 2 N–H and O–H groups in total. The summed E-state index contributed by atoms with van der Waals surface area (Å²) in [6, 6.07) is 3.39. The predicted molar refractivity (Wildman–Crippen MR) is 69.3 cm³/mol. The summed E-state index contributed by atoms with van der Waals surface area (Å²) in [5, 5.41) is 7.00. The van der Waals surface area contributed by atoms with Crippen molar-refractivity contribution in [3.05, 3.63) is 28.5 Å². The highest BCUT2D eigenvalue weighted by molar-refractivity contribution is 9.10. The van der Waals surface area contributed by atoms with Gasteiger partial charge in [0.1, 0.15) is 0 Å². The Labute approximate surface area is 105 Å². The number of halogens is 1. The fourth-order valence-electron chi connectivity index (χ4n) is 1.55. The van der Waals surface area contributed by atoms with Gasteiger partial charge in [-0.2, -0.15) is 0 Å². The van der Waals surface area contributed by atoms with Crippen molar-refractivity contribution in [1.82, 2.24) is 15.6 Å². The maximum absolute atomic E-state index is 4.14. The number of nitrogens with zero attached hydrogens (tertiary/aromatic N) is 1. The lowest BCUT2D eigenvalue weighted by Crippen LogP contribution is -2.36. The molecule has 0 aromatic carbocycles. The van der Waals surface area contributed by atoms with Gasteiger partial charge in [0.25, 0.3) is 0 Å². The molecule has 16 heavy (non-hydrogen) atoms. The molecule has 4 heteroatoms. The van der Waals surface area contributed by atoms with Gasteiger partial charge in [0.15, 0.2) is 0 Å². The maximum Gasteiger partial charge on any atom is 0.0410 e. The monoisotopic (exact) mass is 283 g/mol. The third kappa shape index (κ3) is 4.20. The van der Waals surface area contributed by atoms with E-state index in [-0.39, 0.29) is 0 Å². The van der Waals surface area contributed by atoms with Crippen molar-refractivity contribution >= 4 is 15.9 Å². The standard InChI is InChI=1S/C12H18BrN3/c1-9(5-16-12-2-3-12)15-7-10-4-11(13)8-14-6-10/h4,6,8-9,12,15-16H,2-3,5,7H2,1H3. The zero-order valence-corrected chi connectivity index (χ0v) is 11.1. The number of aromatic nitrogens is 1. The molecule has 0 saturated heterocycles. The molecule has 1 aromatic rings. The summed E-state index contributed by atoms with van der Waals surface area (Å²) in [5.41, 5.74) is 1.22. The SMILES string of the molecule is CC(CNC1CC1)NCc1cncc(Br)c1. The minimum atomic E-state index is 0.500. The predicted octanol–water partition coefficient (Wildman–Crippen LogP) is 2.07. The number of nitrogens with one attached hydrogen (secondary N) is 2. The van der Waals surface area contributed by atoms with E-state index < -0.39 is 0 Å². The minimum absolute atomic E-state index is 0.500. The molecule has 1 saturated carbocycles. The fourth-order valence-corrected chi connectivity index (χ4v) is 1.96. The summed E-state index contributed by atoms with van der Waals surface area (Å²) in [6.45, 7) is 4.13. The van der Waals surface area contributed by atoms with Crippen LogP contribution in [-0.2, 0) is 6.54 Å². The first kappa shape index (κ1) is 12.0. The minimum Gasteiger partial charge on any atom is -0.312 e. The molecule has 0 amide bonds. The van der Waals surface area contributed by atoms with Crippen LogP contribution in [0.25, 0.3) is 0 Å². The number of pyridine rings is 1. The smallest absolute Gasteiger partial charge is 0.0410 e. The van der Waals surface area contributed by atoms with Crippen molar-refractivity contribution in [3.8, 4) is 0 Å². The first-order valence-electron chi connectivity index (χ1n) is 5.80. The van der Waals surface area contributed by atoms with E-state index in [4.69, 9.17) is 0 Å². The Morgan fingerprint density at radius 3 is 3.00 bits per heavy atom. The molecule has 1 aromatic heterocycles. The zero-order chi connectivity index (χ0) is 11.4. The first-order chi connectivity index (χ1) is 7.74. The van der Waals surface area contributed by atoms with Crippen molar-refractivity contribution in [2.24, 2.45) is 0 Å². The van der Waals surface area contributed by atoms with Gasteiger partial charge >= 0.3 is 0 Å². The quantitative estimate of drug-likeness (QED) is 0.839. The summed E-state index contributed by atoms with van der Waals surface area (Å²) in [4.78, 5) is 4.14. The van der Waals surface area contributed by atoms with E-state index in [1.54, 1.807) is 0 Å². The highest BCUT2D eigenvalue weighted by Gasteiger charge is 2.20. The van der Waals surface area contributed by atoms with Crippen LogP contribution < -0.4 is 10.6 Å². The van der Waals surface area contributed by atoms with Crippen molar-refractivity contribution in [1.29, 1.82) is 0 Å². The summed E-state index contributed by atoms with van der Waals surface area (Å²) < 4.78 is 1.04. The van der Waals surface area contributed by atoms with Crippen LogP contribution in [0.5, 0.6) is 0 Å². The molecule has 0 aliphatic heterocycles. The van der Waals surface area contributed by atoms with Gasteiger partial charge in [-0.1, -0.05) is 0 Å². The van der Waals surface area contributed by atoms with Gasteiger partial charge in [-0.15, -0.1) is 0 Å². The molecule has 1 unspecified atom stereocenters. The maximum atomic E-state index is 4.14. The molecule has 0 spiro atoms. The average Bonchev–Trinajstić information content (AvgIpc) is 3.07. The number of hydrogen-bond acceptors (Lipinski definition) is 3. The Hall–Kier alpha value is -0.450. The third-order valence-electron chi connectivity index (χ3n) is 2.71. The zero-order valence-electron chi connectivity index (χ0n) is 9.54. The molecular formula is C12H18BrN3. The largest absolute Gasteiger partial charge is 0.312 e. The van der Waals surface area contributed by atoms with E-state index in [0.29, 0.717) is 6.04 Å². The van der Waals surface area contributed by atoms with Gasteiger partial charge in [-0.05, 0) is 47.3 Å². The van der Waals surface area contributed by atoms with Crippen LogP contribution in [0.15, 0.2) is 22.9 Å². The van der Waals surface area contributed by atoms with Gasteiger partial charge in [-0.3, -0.25) is 4.98 Å². The van der Waals surface area contributed by atoms with E-state index >= 15 is 0 Å². The second-order valence-corrected chi connectivity index (χ2v) is 5.39. The lowest BCUT2D eigenvalue weighted by molar-refractivity contribution is 0.499. The topological polar surface area (TPSA) is 37.0 Å². The molecule has 1 atom stereocenters. The van der Waals surface area contributed by atoms with Crippen molar-refractivity contribution in [2.75, 3.05) is 6.54 Å². The third-order valence-corrected chi connectivity index (χ3v) is 3.14. The van der Waals surface area contributed by atoms with Gasteiger partial charge < -0.3 is 10.6 Å². The van der Waals surface area contributed by atoms with Crippen molar-refractivity contribution < 1.29 is 0 Å². The van der Waals surface area contributed by atoms with E-state index in [0.717, 1.165) is 23.6 Å². The van der Waals surface area contributed by atoms with E-state index in [2.05, 4.69) is 44.5 Å². The van der Waals surface area contributed by atoms with E-state index in [9.17, 15) is 0 Å². The van der Waals surface area contributed by atoms with Crippen LogP contribution >= 0.6 is 15.9 Å². The van der Waals surface area contributed by atoms with E-state index in [1.165, 1.54) is 18.4 Å². The molecule has 2 rings (SSSR count). The van der Waals surface area contributed by atoms with Gasteiger partial charge in [0.05, 0.1) is 0 Å². The van der Waals surface area contributed by atoms with E-state index in [1.807, 2.05) is 12.4 Å². The Balaban J connectivity index is 1.69. The van der Waals surface area contributed by atoms with Crippen LogP contribution in [0.3, 0.4) is 0 Å². The molecule has 0 bridgehead atoms. The van der Waals surface area contributed by atoms with Gasteiger partial charge in [-0.25, -0.2) is 0 Å². The normalized spacial score (nSPS) is 17.4. The summed E-state index contributed by atoms with van der Waals surface area (Å²) in [6.07, 6.45) is 6.41. The second-order valence-electron chi connectivity index (χ2n) is 4.48. The Bertz CT molecular complexity index is 339. The second kappa shape index (κ2) is 5.75. The van der Waals surface area contributed by atoms with Crippen LogP contribution in [-0.4, -0.2) is 23.6 Å². The number of hydrogen-bond donors (Lipinski definition) is 2. The van der Waals surface area contributed by atoms with Crippen LogP contribution in [0.4, 0.5) is 0 Å². The van der Waals surface area contributed by atoms with Crippen LogP contribution in [0.1, 0.15) is 25.3 Å². The summed E-state index contributed by atoms with van der Waals surface area (Å²) >= 11 is 3.42. The van der Waals surface area contributed by atoms with Crippen molar-refractivity contribution in [3.63, 3.8) is 0 Å². The fraction of sp³-hybridized carbons (Fsp3) is 0.583. The molecule has 0 radical (unpaired) electrons. The van der Waals surface area contributed by atoms with Gasteiger partial charge in [0.2, 0.25) is 0 Å². The lowest BCUT2D eigenvalue weighted by Gasteiger charge is -2.14. The van der Waals surface area contributed by atoms with Crippen molar-refractivity contribution in [2.45, 2.75) is 38.4 Å². The first-order valence-corrected chi connectivity index (χ1v) is 6.59. The average molecular weight is 284 g/mol. The summed E-state index contributed by atoms with van der Waals surface area (Å²) in [7, 11) is 0. The Morgan fingerprint density at radius 1 is 1.50 bits per heavy atom. The van der Waals surface area contributed by atoms with Crippen LogP contribution in [0, 0.1) is 0 Å². The molecule has 1 aliphatic rings. The highest BCUT2D eigenvalue weighted by atomic mass is 79.9. The molecule has 1 fully saturated rings. The molecule has 88 valence electrons. The van der Waals surface area contributed by atoms with Crippen LogP contribution in [0.2, 0.25) is 0 Å². The molecule has 3 nitrogen and oxygen atoms in total. The molecule has 1 aliphatic carbocycles. The molecule has 1 heterocycles. The Kier molecular flexibility index (Phi) is 4.32. The highest BCUT2D eigenvalue weighted by Crippen LogP contribution is 2.18. The Morgan fingerprint density at radius 2 is 2.31 bits per heavy atom. The molecular weight excluding hydrogens is 266 g/mol. The number of rotatable bonds is 6. The summed E-state index contributed by atoms with van der Waals surface area (Å²) in [5.74, 6) is 0.